The van der Waals surface area contributed by atoms with Crippen LogP contribution in [0, 0.1) is 10.1 Å². The lowest BCUT2D eigenvalue weighted by molar-refractivity contribution is -0.385. The van der Waals surface area contributed by atoms with E-state index in [1.807, 2.05) is 37.3 Å². The van der Waals surface area contributed by atoms with Crippen molar-refractivity contribution < 1.29 is 19.2 Å². The highest BCUT2D eigenvalue weighted by atomic mass is 16.6. The first-order valence-electron chi connectivity index (χ1n) is 9.45. The van der Waals surface area contributed by atoms with E-state index in [1.165, 1.54) is 19.2 Å². The molecule has 0 aliphatic carbocycles. The summed E-state index contributed by atoms with van der Waals surface area (Å²) in [6.07, 6.45) is 1.47. The summed E-state index contributed by atoms with van der Waals surface area (Å²) in [5, 5.41) is 11.7. The van der Waals surface area contributed by atoms with Crippen LogP contribution in [-0.2, 0) is 6.61 Å². The number of methoxy groups -OCH3 is 1. The summed E-state index contributed by atoms with van der Waals surface area (Å²) in [6.45, 7) is 6.58. The normalized spacial score (nSPS) is 16.0. The number of nitrogens with zero attached hydrogens (tertiary/aromatic N) is 2. The SMILES string of the molecule is C=C1C[C@@H](CC)N(C(=O)c2cc(OC)c(OCc3ccccc3)cc2[N+](=O)[O-])C1. The van der Waals surface area contributed by atoms with E-state index >= 15 is 0 Å². The number of rotatable bonds is 7. The molecule has 2 aromatic carbocycles. The fourth-order valence-corrected chi connectivity index (χ4v) is 3.51. The Labute approximate surface area is 169 Å². The second-order valence-electron chi connectivity index (χ2n) is 7.00. The maximum Gasteiger partial charge on any atom is 0.286 e. The van der Waals surface area contributed by atoms with Crippen molar-refractivity contribution >= 4 is 11.6 Å². The Balaban J connectivity index is 1.94. The van der Waals surface area contributed by atoms with E-state index in [1.54, 1.807) is 4.90 Å². The lowest BCUT2D eigenvalue weighted by Gasteiger charge is -2.23. The molecule has 7 heteroatoms. The molecular weight excluding hydrogens is 372 g/mol. The van der Waals surface area contributed by atoms with Crippen LogP contribution in [0.5, 0.6) is 11.5 Å². The first-order chi connectivity index (χ1) is 13.9. The van der Waals surface area contributed by atoms with E-state index in [2.05, 4.69) is 6.58 Å². The Morgan fingerprint density at radius 3 is 2.62 bits per heavy atom. The average Bonchev–Trinajstić information content (AvgIpc) is 3.12. The summed E-state index contributed by atoms with van der Waals surface area (Å²) in [4.78, 5) is 25.9. The molecule has 0 aromatic heterocycles. The second kappa shape index (κ2) is 8.77. The summed E-state index contributed by atoms with van der Waals surface area (Å²) in [5.74, 6) is 0.105. The van der Waals surface area contributed by atoms with Crippen LogP contribution in [-0.4, -0.2) is 35.4 Å². The third kappa shape index (κ3) is 4.39. The first kappa shape index (κ1) is 20.4. The molecule has 29 heavy (non-hydrogen) atoms. The number of ether oxygens (including phenoxy) is 2. The molecule has 1 heterocycles. The number of hydrogen-bond donors (Lipinski definition) is 0. The van der Waals surface area contributed by atoms with Crippen molar-refractivity contribution in [2.45, 2.75) is 32.4 Å². The van der Waals surface area contributed by atoms with Crippen molar-refractivity contribution in [3.63, 3.8) is 0 Å². The second-order valence-corrected chi connectivity index (χ2v) is 7.00. The van der Waals surface area contributed by atoms with Gasteiger partial charge in [-0.15, -0.1) is 0 Å². The largest absolute Gasteiger partial charge is 0.493 e. The van der Waals surface area contributed by atoms with Gasteiger partial charge in [0.05, 0.1) is 18.1 Å². The Morgan fingerprint density at radius 2 is 2.00 bits per heavy atom. The highest BCUT2D eigenvalue weighted by Crippen LogP contribution is 2.37. The van der Waals surface area contributed by atoms with Crippen molar-refractivity contribution in [1.29, 1.82) is 0 Å². The molecule has 152 valence electrons. The van der Waals surface area contributed by atoms with Gasteiger partial charge in [-0.3, -0.25) is 14.9 Å². The molecule has 1 amide bonds. The minimum absolute atomic E-state index is 0.00499. The standard InChI is InChI=1S/C22H24N2O5/c1-4-17-10-15(2)13-23(17)22(25)18-11-20(28-3)21(12-19(18)24(26)27)29-14-16-8-6-5-7-9-16/h5-9,11-12,17H,2,4,10,13-14H2,1,3H3/t17-/m1/s1. The van der Waals surface area contributed by atoms with Crippen LogP contribution in [0.25, 0.3) is 0 Å². The van der Waals surface area contributed by atoms with Crippen molar-refractivity contribution in [3.05, 3.63) is 75.9 Å². The topological polar surface area (TPSA) is 81.9 Å². The molecule has 0 N–H and O–H groups in total. The Morgan fingerprint density at radius 1 is 1.28 bits per heavy atom. The molecule has 2 aromatic rings. The number of carbonyl (C=O) groups excluding carboxylic acids is 1. The number of nitro groups is 1. The number of nitro benzene ring substituents is 1. The molecule has 1 atom stereocenters. The third-order valence-corrected chi connectivity index (χ3v) is 5.04. The van der Waals surface area contributed by atoms with Crippen LogP contribution in [0.4, 0.5) is 5.69 Å². The summed E-state index contributed by atoms with van der Waals surface area (Å²) in [5.41, 5.74) is 1.56. The summed E-state index contributed by atoms with van der Waals surface area (Å²) in [6, 6.07) is 12.1. The van der Waals surface area contributed by atoms with Gasteiger partial charge in [-0.25, -0.2) is 0 Å². The van der Waals surface area contributed by atoms with Crippen LogP contribution in [0.3, 0.4) is 0 Å². The molecule has 1 saturated heterocycles. The van der Waals surface area contributed by atoms with Crippen LogP contribution in [0.2, 0.25) is 0 Å². The van der Waals surface area contributed by atoms with Gasteiger partial charge in [-0.05, 0) is 18.4 Å². The van der Waals surface area contributed by atoms with Crippen molar-refractivity contribution in [2.75, 3.05) is 13.7 Å². The lowest BCUT2D eigenvalue weighted by Crippen LogP contribution is -2.35. The molecule has 0 spiro atoms. The van der Waals surface area contributed by atoms with Crippen LogP contribution < -0.4 is 9.47 Å². The Bertz CT molecular complexity index is 926. The molecule has 1 aliphatic heterocycles. The maximum absolute atomic E-state index is 13.1. The Kier molecular flexibility index (Phi) is 6.16. The number of benzene rings is 2. The van der Waals surface area contributed by atoms with Crippen molar-refractivity contribution in [1.82, 2.24) is 4.90 Å². The van der Waals surface area contributed by atoms with Crippen LogP contribution in [0.1, 0.15) is 35.7 Å². The average molecular weight is 396 g/mol. The molecule has 0 radical (unpaired) electrons. The highest BCUT2D eigenvalue weighted by molar-refractivity contribution is 5.99. The molecular formula is C22H24N2O5. The monoisotopic (exact) mass is 396 g/mol. The number of carbonyl (C=O) groups is 1. The first-order valence-corrected chi connectivity index (χ1v) is 9.45. The minimum atomic E-state index is -0.562. The van der Waals surface area contributed by atoms with Gasteiger partial charge < -0.3 is 14.4 Å². The van der Waals surface area contributed by atoms with Crippen LogP contribution in [0.15, 0.2) is 54.6 Å². The number of amides is 1. The van der Waals surface area contributed by atoms with Gasteiger partial charge in [-0.1, -0.05) is 49.4 Å². The van der Waals surface area contributed by atoms with Gasteiger partial charge in [0.1, 0.15) is 12.2 Å². The predicted molar refractivity (Wildman–Crippen MR) is 109 cm³/mol. The van der Waals surface area contributed by atoms with E-state index in [0.29, 0.717) is 13.0 Å². The zero-order chi connectivity index (χ0) is 21.0. The number of hydrogen-bond acceptors (Lipinski definition) is 5. The predicted octanol–water partition coefficient (Wildman–Crippen LogP) is 4.36. The zero-order valence-electron chi connectivity index (χ0n) is 16.6. The smallest absolute Gasteiger partial charge is 0.286 e. The zero-order valence-corrected chi connectivity index (χ0v) is 16.6. The van der Waals surface area contributed by atoms with E-state index in [-0.39, 0.29) is 35.4 Å². The highest BCUT2D eigenvalue weighted by Gasteiger charge is 2.34. The third-order valence-electron chi connectivity index (χ3n) is 5.04. The Hall–Kier alpha value is -3.35. The fraction of sp³-hybridized carbons (Fsp3) is 0.318. The van der Waals surface area contributed by atoms with E-state index in [9.17, 15) is 14.9 Å². The van der Waals surface area contributed by atoms with E-state index in [0.717, 1.165) is 17.6 Å². The van der Waals surface area contributed by atoms with Crippen molar-refractivity contribution in [3.8, 4) is 11.5 Å². The summed E-state index contributed by atoms with van der Waals surface area (Å²) < 4.78 is 11.1. The van der Waals surface area contributed by atoms with E-state index in [4.69, 9.17) is 9.47 Å². The molecule has 0 bridgehead atoms. The molecule has 0 saturated carbocycles. The minimum Gasteiger partial charge on any atom is -0.493 e. The van der Waals surface area contributed by atoms with Crippen LogP contribution >= 0.6 is 0 Å². The molecule has 1 fully saturated rings. The summed E-state index contributed by atoms with van der Waals surface area (Å²) in [7, 11) is 1.44. The van der Waals surface area contributed by atoms with Gasteiger partial charge in [0.2, 0.25) is 0 Å². The van der Waals surface area contributed by atoms with Gasteiger partial charge in [0.25, 0.3) is 11.6 Å². The fourth-order valence-electron chi connectivity index (χ4n) is 3.51. The quantitative estimate of drug-likeness (QED) is 0.394. The lowest BCUT2D eigenvalue weighted by atomic mass is 10.1. The molecule has 1 aliphatic rings. The molecule has 3 rings (SSSR count). The van der Waals surface area contributed by atoms with E-state index < -0.39 is 10.8 Å². The van der Waals surface area contributed by atoms with Gasteiger partial charge in [-0.2, -0.15) is 0 Å². The van der Waals surface area contributed by atoms with Crippen molar-refractivity contribution in [2.24, 2.45) is 0 Å². The van der Waals surface area contributed by atoms with Gasteiger partial charge in [0.15, 0.2) is 11.5 Å². The number of likely N-dealkylation sites (tertiary alicyclic amines) is 1. The molecule has 0 unspecified atom stereocenters. The van der Waals surface area contributed by atoms with Gasteiger partial charge in [0, 0.05) is 18.7 Å². The molecule has 7 nitrogen and oxygen atoms in total. The van der Waals surface area contributed by atoms with Gasteiger partial charge >= 0.3 is 0 Å². The summed E-state index contributed by atoms with van der Waals surface area (Å²) >= 11 is 0. The maximum atomic E-state index is 13.1.